The van der Waals surface area contributed by atoms with Gasteiger partial charge in [-0.3, -0.25) is 4.98 Å². The van der Waals surface area contributed by atoms with E-state index in [2.05, 4.69) is 9.71 Å². The second-order valence-corrected chi connectivity index (χ2v) is 12.5. The lowest BCUT2D eigenvalue weighted by Crippen LogP contribution is -2.53. The van der Waals surface area contributed by atoms with Crippen LogP contribution in [0.5, 0.6) is 0 Å². The first-order chi connectivity index (χ1) is 16.5. The summed E-state index contributed by atoms with van der Waals surface area (Å²) >= 11 is 0. The van der Waals surface area contributed by atoms with E-state index in [0.717, 1.165) is 18.3 Å². The summed E-state index contributed by atoms with van der Waals surface area (Å²) in [6, 6.07) is 4.90. The highest BCUT2D eigenvalue weighted by Gasteiger charge is 2.47. The average Bonchev–Trinajstić information content (AvgIpc) is 3.04. The SMILES string of the molecule is CC(C)(C)Cn1cc(CNS(=O)(=O)C2CC(O)(O)C2)c2cc(F)c(-c3cccnc3C(F)(F)F)cc21. The van der Waals surface area contributed by atoms with Crippen molar-refractivity contribution >= 4 is 20.9 Å². The van der Waals surface area contributed by atoms with E-state index in [1.165, 1.54) is 12.1 Å². The minimum atomic E-state index is -4.78. The molecular weight excluding hydrogens is 502 g/mol. The van der Waals surface area contributed by atoms with Crippen LogP contribution in [0.4, 0.5) is 17.6 Å². The van der Waals surface area contributed by atoms with Crippen molar-refractivity contribution in [3.8, 4) is 11.1 Å². The fourth-order valence-corrected chi connectivity index (χ4v) is 5.97. The third-order valence-electron chi connectivity index (χ3n) is 6.08. The maximum atomic E-state index is 15.3. The lowest BCUT2D eigenvalue weighted by molar-refractivity contribution is -0.208. The second kappa shape index (κ2) is 8.79. The number of rotatable bonds is 6. The number of pyridine rings is 1. The Hall–Kier alpha value is -2.54. The molecule has 0 bridgehead atoms. The van der Waals surface area contributed by atoms with E-state index < -0.39 is 44.3 Å². The molecule has 3 aromatic rings. The van der Waals surface area contributed by atoms with Crippen LogP contribution in [0.15, 0.2) is 36.7 Å². The Morgan fingerprint density at radius 1 is 1.17 bits per heavy atom. The van der Waals surface area contributed by atoms with Crippen LogP contribution in [0.3, 0.4) is 0 Å². The molecule has 1 aliphatic carbocycles. The van der Waals surface area contributed by atoms with Crippen molar-refractivity contribution in [1.29, 1.82) is 0 Å². The number of halogens is 4. The lowest BCUT2D eigenvalue weighted by atomic mass is 9.91. The largest absolute Gasteiger partial charge is 0.433 e. The summed E-state index contributed by atoms with van der Waals surface area (Å²) in [6.07, 6.45) is -2.78. The first-order valence-corrected chi connectivity index (χ1v) is 12.8. The Balaban J connectivity index is 1.77. The molecule has 0 aliphatic heterocycles. The van der Waals surface area contributed by atoms with Crippen molar-refractivity contribution in [2.75, 3.05) is 0 Å². The van der Waals surface area contributed by atoms with Gasteiger partial charge in [0, 0.05) is 60.4 Å². The first kappa shape index (κ1) is 26.5. The summed E-state index contributed by atoms with van der Waals surface area (Å²) in [6.45, 7) is 6.11. The number of benzene rings is 1. The van der Waals surface area contributed by atoms with Gasteiger partial charge in [-0.15, -0.1) is 0 Å². The van der Waals surface area contributed by atoms with Crippen LogP contribution in [0.25, 0.3) is 22.0 Å². The predicted octanol–water partition coefficient (Wildman–Crippen LogP) is 4.17. The first-order valence-electron chi connectivity index (χ1n) is 11.2. The molecule has 0 amide bonds. The molecule has 1 aliphatic rings. The number of nitrogens with zero attached hydrogens (tertiary/aromatic N) is 2. The zero-order valence-corrected chi connectivity index (χ0v) is 20.7. The van der Waals surface area contributed by atoms with E-state index >= 15 is 4.39 Å². The van der Waals surface area contributed by atoms with E-state index in [1.54, 1.807) is 10.8 Å². The van der Waals surface area contributed by atoms with E-state index in [4.69, 9.17) is 0 Å². The molecule has 12 heteroatoms. The zero-order valence-electron chi connectivity index (χ0n) is 19.9. The number of aliphatic hydroxyl groups is 2. The lowest BCUT2D eigenvalue weighted by Gasteiger charge is -2.38. The molecular formula is C24H27F4N3O4S. The average molecular weight is 530 g/mol. The molecule has 0 saturated heterocycles. The summed E-state index contributed by atoms with van der Waals surface area (Å²) in [5.74, 6) is -2.91. The van der Waals surface area contributed by atoms with Crippen LogP contribution in [0, 0.1) is 11.2 Å². The van der Waals surface area contributed by atoms with Gasteiger partial charge in [0.25, 0.3) is 0 Å². The van der Waals surface area contributed by atoms with Crippen LogP contribution in [-0.4, -0.2) is 39.2 Å². The van der Waals surface area contributed by atoms with E-state index in [-0.39, 0.29) is 30.4 Å². The van der Waals surface area contributed by atoms with Gasteiger partial charge in [-0.2, -0.15) is 13.2 Å². The minimum absolute atomic E-state index is 0.199. The van der Waals surface area contributed by atoms with Crippen LogP contribution in [-0.2, 0) is 29.3 Å². The summed E-state index contributed by atoms with van der Waals surface area (Å²) < 4.78 is 85.2. The van der Waals surface area contributed by atoms with Crippen molar-refractivity contribution in [2.45, 2.75) is 63.9 Å². The molecule has 0 radical (unpaired) electrons. The third-order valence-corrected chi connectivity index (χ3v) is 7.83. The summed E-state index contributed by atoms with van der Waals surface area (Å²) in [5.41, 5.74) is -1.23. The van der Waals surface area contributed by atoms with Crippen molar-refractivity contribution in [3.63, 3.8) is 0 Å². The van der Waals surface area contributed by atoms with E-state index in [1.807, 2.05) is 20.8 Å². The molecule has 36 heavy (non-hydrogen) atoms. The molecule has 2 aromatic heterocycles. The fourth-order valence-electron chi connectivity index (χ4n) is 4.41. The molecule has 0 unspecified atom stereocenters. The standard InChI is InChI=1S/C24H27F4N3O4S/c1-22(2,3)13-31-12-14(11-30-36(34,35)15-9-23(32,33)10-15)17-7-19(25)18(8-20(17)31)16-5-4-6-29-21(16)24(26,27)28/h4-8,12,15,30,32-33H,9-11,13H2,1-3H3. The Bertz CT molecular complexity index is 1400. The van der Waals surface area contributed by atoms with Gasteiger partial charge in [0.05, 0.1) is 5.25 Å². The summed E-state index contributed by atoms with van der Waals surface area (Å²) in [5, 5.41) is 18.3. The van der Waals surface area contributed by atoms with Crippen LogP contribution < -0.4 is 4.72 Å². The van der Waals surface area contributed by atoms with Gasteiger partial charge < -0.3 is 14.8 Å². The number of hydrogen-bond donors (Lipinski definition) is 3. The Kier molecular flexibility index (Phi) is 6.47. The molecule has 0 spiro atoms. The van der Waals surface area contributed by atoms with E-state index in [0.29, 0.717) is 23.0 Å². The number of fused-ring (bicyclic) bond motifs is 1. The molecule has 1 saturated carbocycles. The highest BCUT2D eigenvalue weighted by Crippen LogP contribution is 2.39. The van der Waals surface area contributed by atoms with Crippen molar-refractivity contribution in [3.05, 3.63) is 53.7 Å². The quantitative estimate of drug-likeness (QED) is 0.329. The molecule has 7 nitrogen and oxygen atoms in total. The van der Waals surface area contributed by atoms with Crippen LogP contribution >= 0.6 is 0 Å². The number of alkyl halides is 3. The number of hydrogen-bond acceptors (Lipinski definition) is 5. The van der Waals surface area contributed by atoms with Crippen molar-refractivity contribution < 1.29 is 36.2 Å². The highest BCUT2D eigenvalue weighted by molar-refractivity contribution is 7.90. The Morgan fingerprint density at radius 2 is 1.83 bits per heavy atom. The van der Waals surface area contributed by atoms with Gasteiger partial charge in [0.2, 0.25) is 10.0 Å². The molecule has 4 rings (SSSR count). The molecule has 3 N–H and O–H groups in total. The number of nitrogens with one attached hydrogen (secondary N) is 1. The van der Waals surface area contributed by atoms with Gasteiger partial charge >= 0.3 is 6.18 Å². The van der Waals surface area contributed by atoms with Crippen LogP contribution in [0.1, 0.15) is 44.9 Å². The van der Waals surface area contributed by atoms with E-state index in [9.17, 15) is 31.8 Å². The summed E-state index contributed by atoms with van der Waals surface area (Å²) in [7, 11) is -3.88. The number of sulfonamides is 1. The van der Waals surface area contributed by atoms with Gasteiger partial charge in [-0.25, -0.2) is 17.5 Å². The monoisotopic (exact) mass is 529 g/mol. The fraction of sp³-hybridized carbons (Fsp3) is 0.458. The van der Waals surface area contributed by atoms with Gasteiger partial charge in [0.1, 0.15) is 5.82 Å². The van der Waals surface area contributed by atoms with Crippen molar-refractivity contribution in [1.82, 2.24) is 14.3 Å². The molecule has 0 atom stereocenters. The predicted molar refractivity (Wildman–Crippen MR) is 126 cm³/mol. The maximum absolute atomic E-state index is 15.3. The van der Waals surface area contributed by atoms with Gasteiger partial charge in [-0.05, 0) is 29.2 Å². The topological polar surface area (TPSA) is 104 Å². The maximum Gasteiger partial charge on any atom is 0.433 e. The van der Waals surface area contributed by atoms with Crippen molar-refractivity contribution in [2.24, 2.45) is 5.41 Å². The second-order valence-electron chi connectivity index (χ2n) is 10.5. The Labute approximate surface area is 205 Å². The normalized spacial score (nSPS) is 16.9. The molecule has 1 fully saturated rings. The smallest absolute Gasteiger partial charge is 0.366 e. The number of aromatic nitrogens is 2. The Morgan fingerprint density at radius 3 is 2.42 bits per heavy atom. The van der Waals surface area contributed by atoms with Gasteiger partial charge in [0.15, 0.2) is 11.5 Å². The third kappa shape index (κ3) is 5.41. The molecule has 196 valence electrons. The van der Waals surface area contributed by atoms with Crippen LogP contribution in [0.2, 0.25) is 0 Å². The molecule has 1 aromatic carbocycles. The zero-order chi connectivity index (χ0) is 26.7. The molecule has 2 heterocycles. The van der Waals surface area contributed by atoms with Gasteiger partial charge in [-0.1, -0.05) is 26.8 Å². The minimum Gasteiger partial charge on any atom is -0.366 e. The summed E-state index contributed by atoms with van der Waals surface area (Å²) in [4.78, 5) is 3.42. The highest BCUT2D eigenvalue weighted by atomic mass is 32.2.